The Balaban J connectivity index is 0.000001000. The lowest BCUT2D eigenvalue weighted by Crippen LogP contribution is -1.89. The molecule has 5 heteroatoms. The van der Waals surface area contributed by atoms with Gasteiger partial charge in [-0.05, 0) is 0 Å². The average molecular weight is 175 g/mol. The van der Waals surface area contributed by atoms with Gasteiger partial charge in [0.25, 0.3) is 0 Å². The predicted molar refractivity (Wildman–Crippen MR) is 43.1 cm³/mol. The molecule has 0 aromatic carbocycles. The van der Waals surface area contributed by atoms with Crippen molar-refractivity contribution in [1.29, 1.82) is 0 Å². The molecule has 4 nitrogen and oxygen atoms in total. The highest BCUT2D eigenvalue weighted by atomic mass is 32.1. The maximum Gasteiger partial charge on any atom is 0.307 e. The van der Waals surface area contributed by atoms with Gasteiger partial charge in [0.05, 0.1) is 4.88 Å². The first-order valence-electron chi connectivity index (χ1n) is 2.58. The zero-order chi connectivity index (χ0) is 7.56. The number of rotatable bonds is 2. The fraction of sp³-hybridized carbons (Fsp3) is 0.333. The molecule has 11 heavy (non-hydrogen) atoms. The van der Waals surface area contributed by atoms with Gasteiger partial charge >= 0.3 is 4.87 Å². The van der Waals surface area contributed by atoms with Gasteiger partial charge in [0.15, 0.2) is 0 Å². The van der Waals surface area contributed by atoms with Crippen LogP contribution in [0, 0.1) is 0 Å². The lowest BCUT2D eigenvalue weighted by molar-refractivity contribution is -0.107. The summed E-state index contributed by atoms with van der Waals surface area (Å²) in [5, 5.41) is 8.86. The zero-order valence-corrected chi connectivity index (χ0v) is 5.77. The van der Waals surface area contributed by atoms with Crippen molar-refractivity contribution in [3.05, 3.63) is 14.5 Å². The Morgan fingerprint density at radius 2 is 2.27 bits per heavy atom. The SMILES string of the molecule is C.O=CCc1sc(=O)[nH]c1O. The molecule has 0 fully saturated rings. The molecule has 0 unspecified atom stereocenters. The van der Waals surface area contributed by atoms with Crippen molar-refractivity contribution in [2.75, 3.05) is 0 Å². The molecule has 1 heterocycles. The summed E-state index contributed by atoms with van der Waals surface area (Å²) in [6.45, 7) is 0. The van der Waals surface area contributed by atoms with Crippen molar-refractivity contribution < 1.29 is 9.90 Å². The number of nitrogens with one attached hydrogen (secondary N) is 1. The van der Waals surface area contributed by atoms with Gasteiger partial charge in [0.2, 0.25) is 5.88 Å². The number of carbonyl (C=O) groups is 1. The van der Waals surface area contributed by atoms with E-state index >= 15 is 0 Å². The third kappa shape index (κ3) is 2.19. The number of hydrogen-bond donors (Lipinski definition) is 2. The zero-order valence-electron chi connectivity index (χ0n) is 4.96. The summed E-state index contributed by atoms with van der Waals surface area (Å²) in [4.78, 5) is 22.6. The van der Waals surface area contributed by atoms with E-state index in [1.54, 1.807) is 0 Å². The molecule has 0 saturated carbocycles. The highest BCUT2D eigenvalue weighted by Crippen LogP contribution is 2.14. The third-order valence-electron chi connectivity index (χ3n) is 0.969. The van der Waals surface area contributed by atoms with E-state index in [1.807, 2.05) is 0 Å². The molecule has 62 valence electrons. The monoisotopic (exact) mass is 175 g/mol. The van der Waals surface area contributed by atoms with Crippen LogP contribution in [0.1, 0.15) is 12.3 Å². The van der Waals surface area contributed by atoms with E-state index in [0.29, 0.717) is 11.2 Å². The molecular weight excluding hydrogens is 166 g/mol. The number of aromatic hydroxyl groups is 1. The molecule has 1 rings (SSSR count). The van der Waals surface area contributed by atoms with Crippen LogP contribution in [-0.4, -0.2) is 16.4 Å². The summed E-state index contributed by atoms with van der Waals surface area (Å²) < 4.78 is 0. The first-order chi connectivity index (χ1) is 4.74. The van der Waals surface area contributed by atoms with E-state index < -0.39 is 0 Å². The summed E-state index contributed by atoms with van der Waals surface area (Å²) >= 11 is 0.847. The van der Waals surface area contributed by atoms with Crippen LogP contribution in [0.25, 0.3) is 0 Å². The fourth-order valence-corrected chi connectivity index (χ4v) is 1.24. The normalized spacial score (nSPS) is 8.73. The molecule has 0 amide bonds. The first kappa shape index (κ1) is 9.90. The van der Waals surface area contributed by atoms with Gasteiger partial charge in [0, 0.05) is 6.42 Å². The van der Waals surface area contributed by atoms with E-state index in [-0.39, 0.29) is 24.6 Å². The molecule has 0 saturated heterocycles. The van der Waals surface area contributed by atoms with Gasteiger partial charge in [-0.15, -0.1) is 0 Å². The maximum absolute atomic E-state index is 10.5. The molecule has 0 radical (unpaired) electrons. The van der Waals surface area contributed by atoms with Crippen LogP contribution in [0.3, 0.4) is 0 Å². The lowest BCUT2D eigenvalue weighted by Gasteiger charge is -1.84. The van der Waals surface area contributed by atoms with E-state index in [2.05, 4.69) is 4.98 Å². The van der Waals surface area contributed by atoms with Crippen molar-refractivity contribution in [3.63, 3.8) is 0 Å². The van der Waals surface area contributed by atoms with Crippen LogP contribution in [0.4, 0.5) is 0 Å². The van der Waals surface area contributed by atoms with E-state index in [1.165, 1.54) is 0 Å². The van der Waals surface area contributed by atoms with E-state index in [4.69, 9.17) is 5.11 Å². The second-order valence-corrected chi connectivity index (χ2v) is 2.72. The number of H-pyrrole nitrogens is 1. The molecule has 2 N–H and O–H groups in total. The summed E-state index contributed by atoms with van der Waals surface area (Å²) in [7, 11) is 0. The highest BCUT2D eigenvalue weighted by molar-refractivity contribution is 7.09. The number of carbonyl (C=O) groups excluding carboxylic acids is 1. The quantitative estimate of drug-likeness (QED) is 0.644. The minimum atomic E-state index is -0.339. The number of aldehydes is 1. The van der Waals surface area contributed by atoms with Crippen molar-refractivity contribution in [3.8, 4) is 5.88 Å². The van der Waals surface area contributed by atoms with Gasteiger partial charge in [-0.2, -0.15) is 0 Å². The fourth-order valence-electron chi connectivity index (χ4n) is 0.566. The number of hydrogen-bond acceptors (Lipinski definition) is 4. The second-order valence-electron chi connectivity index (χ2n) is 1.66. The number of aromatic amines is 1. The van der Waals surface area contributed by atoms with E-state index in [9.17, 15) is 9.59 Å². The van der Waals surface area contributed by atoms with Crippen molar-refractivity contribution in [2.24, 2.45) is 0 Å². The highest BCUT2D eigenvalue weighted by Gasteiger charge is 2.03. The molecule has 0 atom stereocenters. The van der Waals surface area contributed by atoms with Crippen molar-refractivity contribution in [2.45, 2.75) is 13.8 Å². The molecule has 0 aliphatic heterocycles. The molecule has 0 aliphatic carbocycles. The van der Waals surface area contributed by atoms with Gasteiger partial charge < -0.3 is 9.90 Å². The standard InChI is InChI=1S/C5H5NO3S.CH4/c7-2-1-3-4(8)6-5(9)10-3;/h2,8H,1H2,(H,6,9);1H4. The minimum absolute atomic E-state index is 0. The smallest absolute Gasteiger partial charge is 0.307 e. The Kier molecular flexibility index (Phi) is 3.53. The molecule has 0 aliphatic rings. The number of aromatic nitrogens is 1. The Labute approximate surface area is 67.5 Å². The van der Waals surface area contributed by atoms with E-state index in [0.717, 1.165) is 11.3 Å². The van der Waals surface area contributed by atoms with Crippen molar-refractivity contribution >= 4 is 17.6 Å². The van der Waals surface area contributed by atoms with Crippen molar-refractivity contribution in [1.82, 2.24) is 4.98 Å². The van der Waals surface area contributed by atoms with Crippen LogP contribution in [0.2, 0.25) is 0 Å². The Morgan fingerprint density at radius 1 is 1.64 bits per heavy atom. The lowest BCUT2D eigenvalue weighted by atomic mass is 10.4. The molecule has 0 spiro atoms. The largest absolute Gasteiger partial charge is 0.494 e. The first-order valence-corrected chi connectivity index (χ1v) is 3.40. The Morgan fingerprint density at radius 3 is 2.64 bits per heavy atom. The third-order valence-corrected chi connectivity index (χ3v) is 1.86. The summed E-state index contributed by atoms with van der Waals surface area (Å²) in [6, 6.07) is 0. The minimum Gasteiger partial charge on any atom is -0.494 e. The molecular formula is C6H9NO3S. The Hall–Kier alpha value is -1.10. The van der Waals surface area contributed by atoms with Gasteiger partial charge in [-0.25, -0.2) is 0 Å². The Bertz CT molecular complexity index is 288. The van der Waals surface area contributed by atoms with Crippen LogP contribution in [0.15, 0.2) is 4.79 Å². The van der Waals surface area contributed by atoms with Crippen LogP contribution in [0.5, 0.6) is 5.88 Å². The van der Waals surface area contributed by atoms with Crippen LogP contribution < -0.4 is 4.87 Å². The van der Waals surface area contributed by atoms with Gasteiger partial charge in [-0.1, -0.05) is 18.8 Å². The van der Waals surface area contributed by atoms with Gasteiger partial charge in [0.1, 0.15) is 6.29 Å². The number of thiazole rings is 1. The maximum atomic E-state index is 10.5. The molecule has 0 bridgehead atoms. The van der Waals surface area contributed by atoms with Crippen LogP contribution >= 0.6 is 11.3 Å². The summed E-state index contributed by atoms with van der Waals surface area (Å²) in [6.07, 6.45) is 0.730. The van der Waals surface area contributed by atoms with Gasteiger partial charge in [-0.3, -0.25) is 9.78 Å². The average Bonchev–Trinajstić information content (AvgIpc) is 2.13. The summed E-state index contributed by atoms with van der Waals surface area (Å²) in [5.41, 5.74) is 0. The summed E-state index contributed by atoms with van der Waals surface area (Å²) in [5.74, 6) is -0.192. The predicted octanol–water partition coefficient (Wildman–Crippen LogP) is 0.519. The second kappa shape index (κ2) is 3.92. The van der Waals surface area contributed by atoms with Crippen LogP contribution in [-0.2, 0) is 11.2 Å². The molecule has 1 aromatic rings. The molecule has 1 aromatic heterocycles. The topological polar surface area (TPSA) is 70.2 Å².